The number of pyridine rings is 1. The topological polar surface area (TPSA) is 66.9 Å². The largest absolute Gasteiger partial charge is 0.387 e. The van der Waals surface area contributed by atoms with Gasteiger partial charge in [-0.05, 0) is 6.07 Å². The van der Waals surface area contributed by atoms with Crippen molar-refractivity contribution in [3.05, 3.63) is 40.6 Å². The lowest BCUT2D eigenvalue weighted by Crippen LogP contribution is -2.26. The van der Waals surface area contributed by atoms with Crippen LogP contribution in [0.4, 0.5) is 5.69 Å². The Morgan fingerprint density at radius 2 is 2.33 bits per heavy atom. The number of thiazole rings is 1. The van der Waals surface area contributed by atoms with Crippen molar-refractivity contribution in [3.63, 3.8) is 0 Å². The second kappa shape index (κ2) is 6.11. The first-order valence-corrected chi connectivity index (χ1v) is 6.47. The molecule has 2 rings (SSSR count). The molecular formula is C12H14N4OS. The van der Waals surface area contributed by atoms with Crippen LogP contribution in [0.5, 0.6) is 0 Å². The van der Waals surface area contributed by atoms with Gasteiger partial charge in [-0.3, -0.25) is 9.78 Å². The van der Waals surface area contributed by atoms with Gasteiger partial charge in [0.15, 0.2) is 0 Å². The Bertz CT molecular complexity index is 513. The van der Waals surface area contributed by atoms with Crippen LogP contribution < -0.4 is 10.6 Å². The number of nitrogens with zero attached hydrogens (tertiary/aromatic N) is 2. The van der Waals surface area contributed by atoms with Crippen molar-refractivity contribution in [2.24, 2.45) is 0 Å². The molecule has 94 valence electrons. The number of hydrogen-bond acceptors (Lipinski definition) is 5. The van der Waals surface area contributed by atoms with E-state index >= 15 is 0 Å². The number of amides is 1. The van der Waals surface area contributed by atoms with Crippen LogP contribution in [0.25, 0.3) is 0 Å². The van der Waals surface area contributed by atoms with Crippen LogP contribution in [0.1, 0.15) is 15.4 Å². The van der Waals surface area contributed by atoms with E-state index in [2.05, 4.69) is 20.6 Å². The Balaban J connectivity index is 1.91. The van der Waals surface area contributed by atoms with Crippen LogP contribution in [0.15, 0.2) is 30.0 Å². The number of carbonyl (C=O) groups is 1. The molecule has 2 heterocycles. The molecule has 2 aromatic heterocycles. The average molecular weight is 262 g/mol. The van der Waals surface area contributed by atoms with Gasteiger partial charge in [0.05, 0.1) is 10.6 Å². The summed E-state index contributed by atoms with van der Waals surface area (Å²) in [5.41, 5.74) is 1.33. The van der Waals surface area contributed by atoms with E-state index in [1.807, 2.05) is 5.38 Å². The summed E-state index contributed by atoms with van der Waals surface area (Å²) in [6, 6.07) is 1.77. The van der Waals surface area contributed by atoms with Crippen molar-refractivity contribution in [1.29, 1.82) is 0 Å². The molecule has 0 atom stereocenters. The number of anilines is 1. The molecule has 5 nitrogen and oxygen atoms in total. The molecule has 0 aliphatic heterocycles. The fraction of sp³-hybridized carbons (Fsp3) is 0.250. The SMILES string of the molecule is CNc1ccncc1C(=O)NCCc1nccs1. The van der Waals surface area contributed by atoms with Crippen LogP contribution >= 0.6 is 11.3 Å². The van der Waals surface area contributed by atoms with Crippen LogP contribution in [-0.4, -0.2) is 29.5 Å². The zero-order valence-electron chi connectivity index (χ0n) is 10.0. The van der Waals surface area contributed by atoms with E-state index in [1.165, 1.54) is 0 Å². The highest BCUT2D eigenvalue weighted by atomic mass is 32.1. The third kappa shape index (κ3) is 3.04. The maximum atomic E-state index is 11.9. The van der Waals surface area contributed by atoms with E-state index in [4.69, 9.17) is 0 Å². The highest BCUT2D eigenvalue weighted by Crippen LogP contribution is 2.12. The molecule has 0 aliphatic carbocycles. The third-order valence-electron chi connectivity index (χ3n) is 2.44. The summed E-state index contributed by atoms with van der Waals surface area (Å²) in [4.78, 5) is 20.1. The lowest BCUT2D eigenvalue weighted by atomic mass is 10.2. The highest BCUT2D eigenvalue weighted by molar-refractivity contribution is 7.09. The minimum Gasteiger partial charge on any atom is -0.387 e. The number of rotatable bonds is 5. The summed E-state index contributed by atoms with van der Waals surface area (Å²) in [7, 11) is 1.78. The van der Waals surface area contributed by atoms with Gasteiger partial charge in [-0.25, -0.2) is 4.98 Å². The quantitative estimate of drug-likeness (QED) is 0.858. The number of aromatic nitrogens is 2. The zero-order chi connectivity index (χ0) is 12.8. The van der Waals surface area contributed by atoms with Gasteiger partial charge in [0, 0.05) is 49.7 Å². The third-order valence-corrected chi connectivity index (χ3v) is 3.28. The summed E-state index contributed by atoms with van der Waals surface area (Å²) < 4.78 is 0. The molecule has 0 bridgehead atoms. The molecule has 0 aromatic carbocycles. The van der Waals surface area contributed by atoms with E-state index in [0.717, 1.165) is 17.1 Å². The van der Waals surface area contributed by atoms with Gasteiger partial charge >= 0.3 is 0 Å². The molecule has 0 radical (unpaired) electrons. The monoisotopic (exact) mass is 262 g/mol. The van der Waals surface area contributed by atoms with E-state index in [-0.39, 0.29) is 5.91 Å². The normalized spacial score (nSPS) is 10.1. The minimum atomic E-state index is -0.121. The van der Waals surface area contributed by atoms with Gasteiger partial charge in [0.25, 0.3) is 5.91 Å². The van der Waals surface area contributed by atoms with Crippen LogP contribution in [-0.2, 0) is 6.42 Å². The fourth-order valence-electron chi connectivity index (χ4n) is 1.55. The highest BCUT2D eigenvalue weighted by Gasteiger charge is 2.09. The molecule has 1 amide bonds. The maximum Gasteiger partial charge on any atom is 0.254 e. The molecular weight excluding hydrogens is 248 g/mol. The number of carbonyl (C=O) groups excluding carboxylic acids is 1. The lowest BCUT2D eigenvalue weighted by molar-refractivity contribution is 0.0954. The Labute approximate surface area is 109 Å². The Hall–Kier alpha value is -1.95. The van der Waals surface area contributed by atoms with Crippen LogP contribution in [0.2, 0.25) is 0 Å². The van der Waals surface area contributed by atoms with Crippen molar-refractivity contribution in [3.8, 4) is 0 Å². The smallest absolute Gasteiger partial charge is 0.254 e. The second-order valence-corrected chi connectivity index (χ2v) is 4.58. The van der Waals surface area contributed by atoms with E-state index in [9.17, 15) is 4.79 Å². The van der Waals surface area contributed by atoms with Gasteiger partial charge in [-0.2, -0.15) is 0 Å². The first kappa shape index (κ1) is 12.5. The molecule has 18 heavy (non-hydrogen) atoms. The summed E-state index contributed by atoms with van der Waals surface area (Å²) in [5.74, 6) is -0.121. The Morgan fingerprint density at radius 1 is 1.44 bits per heavy atom. The Kier molecular flexibility index (Phi) is 4.25. The van der Waals surface area contributed by atoms with Gasteiger partial charge in [-0.1, -0.05) is 0 Å². The molecule has 2 N–H and O–H groups in total. The van der Waals surface area contributed by atoms with Gasteiger partial charge < -0.3 is 10.6 Å². The maximum absolute atomic E-state index is 11.9. The number of hydrogen-bond donors (Lipinski definition) is 2. The van der Waals surface area contributed by atoms with E-state index in [1.54, 1.807) is 43.0 Å². The number of nitrogens with one attached hydrogen (secondary N) is 2. The van der Waals surface area contributed by atoms with Crippen molar-refractivity contribution in [2.45, 2.75) is 6.42 Å². The zero-order valence-corrected chi connectivity index (χ0v) is 10.8. The summed E-state index contributed by atoms with van der Waals surface area (Å²) >= 11 is 1.59. The van der Waals surface area contributed by atoms with Gasteiger partial charge in [0.2, 0.25) is 0 Å². The molecule has 0 saturated carbocycles. The van der Waals surface area contributed by atoms with Crippen LogP contribution in [0.3, 0.4) is 0 Å². The molecule has 0 fully saturated rings. The second-order valence-electron chi connectivity index (χ2n) is 3.60. The average Bonchev–Trinajstić information content (AvgIpc) is 2.91. The van der Waals surface area contributed by atoms with Crippen LogP contribution in [0, 0.1) is 0 Å². The first-order chi connectivity index (χ1) is 8.81. The predicted octanol–water partition coefficient (Wildman–Crippen LogP) is 1.55. The predicted molar refractivity (Wildman–Crippen MR) is 71.9 cm³/mol. The molecule has 2 aromatic rings. The van der Waals surface area contributed by atoms with Crippen molar-refractivity contribution >= 4 is 22.9 Å². The Morgan fingerprint density at radius 3 is 3.06 bits per heavy atom. The molecule has 0 saturated heterocycles. The van der Waals surface area contributed by atoms with Crippen molar-refractivity contribution in [2.75, 3.05) is 18.9 Å². The summed E-state index contributed by atoms with van der Waals surface area (Å²) in [5, 5.41) is 8.78. The summed E-state index contributed by atoms with van der Waals surface area (Å²) in [6.45, 7) is 0.574. The first-order valence-electron chi connectivity index (χ1n) is 5.59. The van der Waals surface area contributed by atoms with E-state index in [0.29, 0.717) is 12.1 Å². The molecule has 6 heteroatoms. The fourth-order valence-corrected chi connectivity index (χ4v) is 2.17. The standard InChI is InChI=1S/C12H14N4OS/c1-13-10-2-4-14-8-9(10)12(17)16-5-3-11-15-6-7-18-11/h2,4,6-8H,3,5H2,1H3,(H,13,14)(H,16,17). The van der Waals surface area contributed by atoms with E-state index < -0.39 is 0 Å². The summed E-state index contributed by atoms with van der Waals surface area (Å²) in [6.07, 6.45) is 5.73. The van der Waals surface area contributed by atoms with Crippen molar-refractivity contribution < 1.29 is 4.79 Å². The molecule has 0 spiro atoms. The lowest BCUT2D eigenvalue weighted by Gasteiger charge is -2.08. The van der Waals surface area contributed by atoms with Crippen molar-refractivity contribution in [1.82, 2.24) is 15.3 Å². The minimum absolute atomic E-state index is 0.121. The molecule has 0 aliphatic rings. The van der Waals surface area contributed by atoms with Gasteiger partial charge in [-0.15, -0.1) is 11.3 Å². The van der Waals surface area contributed by atoms with Gasteiger partial charge in [0.1, 0.15) is 0 Å². The molecule has 0 unspecified atom stereocenters.